The Balaban J connectivity index is 1.20. The number of aromatic nitrogens is 3. The third-order valence-electron chi connectivity index (χ3n) is 9.62. The highest BCUT2D eigenvalue weighted by Gasteiger charge is 2.20. The van der Waals surface area contributed by atoms with E-state index >= 15 is 0 Å². The van der Waals surface area contributed by atoms with E-state index in [2.05, 4.69) is 132 Å². The van der Waals surface area contributed by atoms with Gasteiger partial charge in [-0.25, -0.2) is 9.97 Å². The Morgan fingerprint density at radius 3 is 1.66 bits per heavy atom. The zero-order valence-corrected chi connectivity index (χ0v) is 27.0. The van der Waals surface area contributed by atoms with Crippen molar-refractivity contribution in [3.8, 4) is 50.7 Å². The zero-order chi connectivity index (χ0) is 33.0. The van der Waals surface area contributed by atoms with E-state index in [1.54, 1.807) is 0 Å². The van der Waals surface area contributed by atoms with Crippen molar-refractivity contribution in [2.24, 2.45) is 0 Å². The molecular formula is C46H29N3O. The molecule has 0 aliphatic rings. The Kier molecular flexibility index (Phi) is 6.46. The molecule has 0 saturated heterocycles. The number of fused-ring (bicyclic) bond motifs is 7. The molecule has 0 radical (unpaired) electrons. The molecule has 0 aliphatic heterocycles. The number of furan rings is 1. The highest BCUT2D eigenvalue weighted by molar-refractivity contribution is 6.24. The number of para-hydroxylation sites is 1. The van der Waals surface area contributed by atoms with Crippen LogP contribution in [0, 0.1) is 0 Å². The second-order valence-electron chi connectivity index (χ2n) is 12.6. The molecule has 3 heterocycles. The minimum atomic E-state index is 0.688. The lowest BCUT2D eigenvalue weighted by Crippen LogP contribution is -1.97. The predicted octanol–water partition coefficient (Wildman–Crippen LogP) is 12.1. The van der Waals surface area contributed by atoms with Crippen molar-refractivity contribution in [2.75, 3.05) is 0 Å². The zero-order valence-electron chi connectivity index (χ0n) is 27.0. The maximum Gasteiger partial charge on any atom is 0.160 e. The normalized spacial score (nSPS) is 11.6. The molecule has 0 bridgehead atoms. The molecule has 10 rings (SSSR count). The molecule has 0 fully saturated rings. The van der Waals surface area contributed by atoms with Gasteiger partial charge in [-0.15, -0.1) is 0 Å². The number of hydrogen-bond donors (Lipinski definition) is 0. The summed E-state index contributed by atoms with van der Waals surface area (Å²) in [6.07, 6.45) is 0. The second-order valence-corrected chi connectivity index (χ2v) is 12.6. The summed E-state index contributed by atoms with van der Waals surface area (Å²) < 4.78 is 8.77. The van der Waals surface area contributed by atoms with Crippen molar-refractivity contribution >= 4 is 43.7 Å². The van der Waals surface area contributed by atoms with E-state index in [-0.39, 0.29) is 0 Å². The maximum absolute atomic E-state index is 6.38. The molecule has 4 nitrogen and oxygen atoms in total. The van der Waals surface area contributed by atoms with E-state index in [9.17, 15) is 0 Å². The minimum absolute atomic E-state index is 0.688. The molecule has 0 unspecified atom stereocenters. The number of rotatable bonds is 5. The van der Waals surface area contributed by atoms with Gasteiger partial charge in [0.15, 0.2) is 5.82 Å². The molecule has 3 aromatic heterocycles. The maximum atomic E-state index is 6.38. The number of nitrogens with zero attached hydrogens (tertiary/aromatic N) is 3. The van der Waals surface area contributed by atoms with Crippen LogP contribution in [-0.2, 0) is 0 Å². The van der Waals surface area contributed by atoms with E-state index in [1.165, 1.54) is 21.9 Å². The molecule has 234 valence electrons. The Hall–Kier alpha value is -6.78. The van der Waals surface area contributed by atoms with Crippen LogP contribution in [0.2, 0.25) is 0 Å². The van der Waals surface area contributed by atoms with Gasteiger partial charge in [-0.2, -0.15) is 0 Å². The first-order valence-corrected chi connectivity index (χ1v) is 16.8. The summed E-state index contributed by atoms with van der Waals surface area (Å²) in [4.78, 5) is 10.1. The van der Waals surface area contributed by atoms with Crippen molar-refractivity contribution in [2.45, 2.75) is 0 Å². The third-order valence-corrected chi connectivity index (χ3v) is 9.62. The fourth-order valence-electron chi connectivity index (χ4n) is 7.24. The van der Waals surface area contributed by atoms with Gasteiger partial charge < -0.3 is 8.98 Å². The molecule has 4 heteroatoms. The van der Waals surface area contributed by atoms with Gasteiger partial charge in [-0.05, 0) is 65.7 Å². The first kappa shape index (κ1) is 28.3. The first-order valence-electron chi connectivity index (χ1n) is 16.8. The fourth-order valence-corrected chi connectivity index (χ4v) is 7.24. The lowest BCUT2D eigenvalue weighted by Gasteiger charge is -2.12. The quantitative estimate of drug-likeness (QED) is 0.188. The summed E-state index contributed by atoms with van der Waals surface area (Å²) in [6, 6.07) is 61.3. The van der Waals surface area contributed by atoms with E-state index in [0.29, 0.717) is 5.82 Å². The molecular weight excluding hydrogens is 611 g/mol. The lowest BCUT2D eigenvalue weighted by molar-refractivity contribution is 0.669. The first-order chi connectivity index (χ1) is 24.8. The van der Waals surface area contributed by atoms with Gasteiger partial charge >= 0.3 is 0 Å². The summed E-state index contributed by atoms with van der Waals surface area (Å²) in [5.74, 6) is 0.688. The van der Waals surface area contributed by atoms with Crippen molar-refractivity contribution < 1.29 is 4.42 Å². The third kappa shape index (κ3) is 4.61. The topological polar surface area (TPSA) is 43.9 Å². The van der Waals surface area contributed by atoms with Gasteiger partial charge in [0, 0.05) is 38.5 Å². The highest BCUT2D eigenvalue weighted by Crippen LogP contribution is 2.42. The van der Waals surface area contributed by atoms with Gasteiger partial charge in [-0.1, -0.05) is 121 Å². The predicted molar refractivity (Wildman–Crippen MR) is 205 cm³/mol. The Morgan fingerprint density at radius 2 is 0.980 bits per heavy atom. The average Bonchev–Trinajstić information content (AvgIpc) is 3.74. The average molecular weight is 640 g/mol. The summed E-state index contributed by atoms with van der Waals surface area (Å²) in [7, 11) is 0. The Labute approximate surface area is 288 Å². The Bertz CT molecular complexity index is 2780. The molecule has 0 spiro atoms. The fraction of sp³-hybridized carbons (Fsp3) is 0. The number of benzene rings is 7. The minimum Gasteiger partial charge on any atom is -0.456 e. The van der Waals surface area contributed by atoms with Crippen molar-refractivity contribution in [3.05, 3.63) is 176 Å². The van der Waals surface area contributed by atoms with Crippen molar-refractivity contribution in [3.63, 3.8) is 0 Å². The van der Waals surface area contributed by atoms with Gasteiger partial charge in [0.1, 0.15) is 11.2 Å². The van der Waals surface area contributed by atoms with E-state index in [0.717, 1.165) is 66.7 Å². The molecule has 0 amide bonds. The number of hydrogen-bond acceptors (Lipinski definition) is 3. The molecule has 0 aliphatic carbocycles. The lowest BCUT2D eigenvalue weighted by atomic mass is 10.0. The van der Waals surface area contributed by atoms with Crippen LogP contribution >= 0.6 is 0 Å². The van der Waals surface area contributed by atoms with Crippen LogP contribution in [0.1, 0.15) is 0 Å². The summed E-state index contributed by atoms with van der Waals surface area (Å²) >= 11 is 0. The molecule has 0 N–H and O–H groups in total. The van der Waals surface area contributed by atoms with Crippen LogP contribution in [0.3, 0.4) is 0 Å². The molecule has 50 heavy (non-hydrogen) atoms. The largest absolute Gasteiger partial charge is 0.456 e. The summed E-state index contributed by atoms with van der Waals surface area (Å²) in [5, 5.41) is 4.61. The SMILES string of the molecule is c1ccc(-c2ccc3c4ccc5oc6ccccc6c5c4n(-c4ccc(-c5nc(-c6ccccc6)cc(-c6ccccc6)n5)cc4)c3c2)cc1. The Morgan fingerprint density at radius 1 is 0.400 bits per heavy atom. The molecule has 0 saturated carbocycles. The van der Waals surface area contributed by atoms with Gasteiger partial charge in [-0.3, -0.25) is 0 Å². The summed E-state index contributed by atoms with van der Waals surface area (Å²) in [5.41, 5.74) is 12.3. The molecule has 7 aromatic carbocycles. The summed E-state index contributed by atoms with van der Waals surface area (Å²) in [6.45, 7) is 0. The van der Waals surface area contributed by atoms with Crippen LogP contribution in [0.15, 0.2) is 180 Å². The van der Waals surface area contributed by atoms with Crippen LogP contribution in [0.4, 0.5) is 0 Å². The van der Waals surface area contributed by atoms with Crippen LogP contribution in [0.5, 0.6) is 0 Å². The highest BCUT2D eigenvalue weighted by atomic mass is 16.3. The standard InChI is InChI=1S/C46H29N3O/c1-4-12-30(13-5-1)34-22-25-36-37-26-27-43-44(38-18-10-11-19-42(38)50-43)45(37)49(41(36)28-34)35-23-20-33(21-24-35)46-47-39(31-14-6-2-7-15-31)29-40(48-46)32-16-8-3-9-17-32/h1-29H. The second kappa shape index (κ2) is 11.4. The van der Waals surface area contributed by atoms with Crippen LogP contribution in [-0.4, -0.2) is 14.5 Å². The van der Waals surface area contributed by atoms with E-state index in [4.69, 9.17) is 14.4 Å². The van der Waals surface area contributed by atoms with Crippen molar-refractivity contribution in [1.29, 1.82) is 0 Å². The molecule has 10 aromatic rings. The monoisotopic (exact) mass is 639 g/mol. The van der Waals surface area contributed by atoms with E-state index in [1.807, 2.05) is 48.5 Å². The van der Waals surface area contributed by atoms with Crippen LogP contribution < -0.4 is 0 Å². The van der Waals surface area contributed by atoms with Gasteiger partial charge in [0.05, 0.1) is 27.8 Å². The van der Waals surface area contributed by atoms with Gasteiger partial charge in [0.25, 0.3) is 0 Å². The smallest absolute Gasteiger partial charge is 0.160 e. The van der Waals surface area contributed by atoms with Gasteiger partial charge in [0.2, 0.25) is 0 Å². The van der Waals surface area contributed by atoms with E-state index < -0.39 is 0 Å². The molecule has 0 atom stereocenters. The van der Waals surface area contributed by atoms with Crippen molar-refractivity contribution in [1.82, 2.24) is 14.5 Å². The van der Waals surface area contributed by atoms with Crippen LogP contribution in [0.25, 0.3) is 94.5 Å².